The van der Waals surface area contributed by atoms with Crippen LogP contribution in [0.1, 0.15) is 36.6 Å². The molecule has 0 bridgehead atoms. The minimum atomic E-state index is -9.93. The number of amidine groups is 1. The van der Waals surface area contributed by atoms with Crippen molar-refractivity contribution < 1.29 is 38.5 Å². The number of halogens is 5. The van der Waals surface area contributed by atoms with Gasteiger partial charge in [0.1, 0.15) is 10.6 Å². The summed E-state index contributed by atoms with van der Waals surface area (Å²) in [6.45, 7) is 3.63. The van der Waals surface area contributed by atoms with Crippen LogP contribution < -0.4 is 4.74 Å². The van der Waals surface area contributed by atoms with Gasteiger partial charge in [0.05, 0.1) is 31.4 Å². The number of imidazole rings is 1. The maximum atomic E-state index is 13.4. The Hall–Kier alpha value is -4.07. The molecule has 8 nitrogen and oxygen atoms in total. The summed E-state index contributed by atoms with van der Waals surface area (Å²) in [5.41, 5.74) is 0.868. The summed E-state index contributed by atoms with van der Waals surface area (Å²) in [4.78, 5) is 22.6. The Morgan fingerprint density at radius 1 is 1.15 bits per heavy atom. The number of nitrogens with zero attached hydrogens (tertiary/aromatic N) is 4. The number of hydrogen-bond donors (Lipinski definition) is 0. The Morgan fingerprint density at radius 2 is 1.88 bits per heavy atom. The number of benzene rings is 2. The molecule has 220 valence electrons. The van der Waals surface area contributed by atoms with Gasteiger partial charge in [-0.15, -0.1) is 0 Å². The number of esters is 1. The topological polar surface area (TPSA) is 78.2 Å². The van der Waals surface area contributed by atoms with Crippen molar-refractivity contribution >= 4 is 28.1 Å². The molecule has 2 aliphatic heterocycles. The van der Waals surface area contributed by atoms with Gasteiger partial charge in [0.2, 0.25) is 0 Å². The Bertz CT molecular complexity index is 1570. The van der Waals surface area contributed by atoms with E-state index < -0.39 is 26.8 Å². The lowest BCUT2D eigenvalue weighted by Gasteiger charge is -2.41. The fraction of sp³-hybridized carbons (Fsp3) is 0.296. The molecule has 0 radical (unpaired) electrons. The number of aryl methyl sites for hydroxylation is 1. The van der Waals surface area contributed by atoms with E-state index in [9.17, 15) is 24.2 Å². The van der Waals surface area contributed by atoms with Gasteiger partial charge in [-0.25, -0.2) is 9.78 Å². The molecule has 0 N–H and O–H groups in total. The Balaban J connectivity index is 1.52. The largest absolute Gasteiger partial charge is 0.495 e. The first-order valence-corrected chi connectivity index (χ1v) is 14.6. The van der Waals surface area contributed by atoms with E-state index in [0.29, 0.717) is 24.2 Å². The Morgan fingerprint density at radius 3 is 2.49 bits per heavy atom. The van der Waals surface area contributed by atoms with Gasteiger partial charge in [-0.2, -0.15) is 0 Å². The van der Waals surface area contributed by atoms with E-state index in [1.807, 2.05) is 42.0 Å². The van der Waals surface area contributed by atoms with E-state index in [2.05, 4.69) is 10.1 Å². The predicted octanol–water partition coefficient (Wildman–Crippen LogP) is 7.09. The summed E-state index contributed by atoms with van der Waals surface area (Å²) in [7, 11) is -8.38. The Labute approximate surface area is 232 Å². The van der Waals surface area contributed by atoms with E-state index in [0.717, 1.165) is 29.1 Å². The summed E-state index contributed by atoms with van der Waals surface area (Å²) in [5.74, 6) is -0.0601. The van der Waals surface area contributed by atoms with Crippen molar-refractivity contribution in [3.8, 4) is 11.4 Å². The van der Waals surface area contributed by atoms with Crippen molar-refractivity contribution in [3.05, 3.63) is 77.4 Å². The van der Waals surface area contributed by atoms with Gasteiger partial charge in [-0.1, -0.05) is 42.8 Å². The third kappa shape index (κ3) is 5.23. The average molecular weight is 599 g/mol. The third-order valence-electron chi connectivity index (χ3n) is 6.79. The fourth-order valence-electron chi connectivity index (χ4n) is 4.92. The quantitative estimate of drug-likeness (QED) is 0.214. The number of carbonyl (C=O) groups excluding carboxylic acids is 1. The van der Waals surface area contributed by atoms with Crippen LogP contribution in [0.5, 0.6) is 5.75 Å². The SMILES string of the molecule is CCOC(=O)C1(c2ccc(S(F)(F)(F)(F)F)cc2)ON=C2C(=Cc3ccc(-n4cnc(C)c4)c(OC)c3)CCCN21. The van der Waals surface area contributed by atoms with Gasteiger partial charge in [-0.05, 0) is 68.2 Å². The van der Waals surface area contributed by atoms with Crippen LogP contribution >= 0.6 is 10.2 Å². The van der Waals surface area contributed by atoms with E-state index in [4.69, 9.17) is 14.3 Å². The number of aromatic nitrogens is 2. The molecule has 3 heterocycles. The molecular weight excluding hydrogens is 571 g/mol. The molecule has 1 atom stereocenters. The number of hydrogen-bond acceptors (Lipinski definition) is 7. The maximum absolute atomic E-state index is 13.4. The van der Waals surface area contributed by atoms with Gasteiger partial charge < -0.3 is 23.8 Å². The molecule has 3 aromatic rings. The zero-order valence-electron chi connectivity index (χ0n) is 22.3. The van der Waals surface area contributed by atoms with Crippen LogP contribution in [0.15, 0.2) is 70.6 Å². The van der Waals surface area contributed by atoms with Crippen molar-refractivity contribution in [1.82, 2.24) is 14.5 Å². The first kappa shape index (κ1) is 28.5. The molecule has 1 saturated heterocycles. The number of piperidine rings is 1. The van der Waals surface area contributed by atoms with Gasteiger partial charge >= 0.3 is 21.9 Å². The molecule has 41 heavy (non-hydrogen) atoms. The highest BCUT2D eigenvalue weighted by molar-refractivity contribution is 8.45. The highest BCUT2D eigenvalue weighted by Crippen LogP contribution is 3.02. The summed E-state index contributed by atoms with van der Waals surface area (Å²) in [6, 6.07) is 7.63. The van der Waals surface area contributed by atoms with Crippen LogP contribution in [0.2, 0.25) is 0 Å². The van der Waals surface area contributed by atoms with Crippen LogP contribution in [0.25, 0.3) is 11.8 Å². The van der Waals surface area contributed by atoms with Gasteiger partial charge in [0.25, 0.3) is 0 Å². The molecule has 1 unspecified atom stereocenters. The monoisotopic (exact) mass is 598 g/mol. The first-order chi connectivity index (χ1) is 19.2. The lowest BCUT2D eigenvalue weighted by Crippen LogP contribution is -2.54. The number of oxime groups is 1. The summed E-state index contributed by atoms with van der Waals surface area (Å²) < 4.78 is 79.4. The van der Waals surface area contributed by atoms with Crippen molar-refractivity contribution in [2.45, 2.75) is 37.3 Å². The summed E-state index contributed by atoms with van der Waals surface area (Å²) >= 11 is 0. The third-order valence-corrected chi connectivity index (χ3v) is 7.96. The molecule has 0 spiro atoms. The van der Waals surface area contributed by atoms with Crippen LogP contribution in [-0.2, 0) is 20.1 Å². The van der Waals surface area contributed by atoms with E-state index >= 15 is 0 Å². The smallest absolute Gasteiger partial charge is 0.380 e. The zero-order valence-corrected chi connectivity index (χ0v) is 23.1. The predicted molar refractivity (Wildman–Crippen MR) is 143 cm³/mol. The number of rotatable bonds is 7. The highest BCUT2D eigenvalue weighted by Gasteiger charge is 2.65. The average Bonchev–Trinajstić information content (AvgIpc) is 3.52. The number of carbonyl (C=O) groups is 1. The molecule has 0 aliphatic carbocycles. The van der Waals surface area contributed by atoms with Crippen LogP contribution in [-0.4, -0.2) is 46.5 Å². The number of methoxy groups -OCH3 is 1. The molecule has 2 aromatic carbocycles. The van der Waals surface area contributed by atoms with Crippen LogP contribution in [0.4, 0.5) is 19.4 Å². The summed E-state index contributed by atoms with van der Waals surface area (Å²) in [6.07, 6.45) is 6.48. The Kier molecular flexibility index (Phi) is 6.40. The van der Waals surface area contributed by atoms with Crippen LogP contribution in [0.3, 0.4) is 0 Å². The zero-order chi connectivity index (χ0) is 29.7. The molecule has 1 aromatic heterocycles. The molecule has 0 amide bonds. The van der Waals surface area contributed by atoms with Crippen molar-refractivity contribution in [3.63, 3.8) is 0 Å². The lowest BCUT2D eigenvalue weighted by atomic mass is 9.94. The van der Waals surface area contributed by atoms with E-state index in [1.54, 1.807) is 20.4 Å². The standard InChI is InChI=1S/C27H27F5N4O4S/c1-4-39-26(37)27(21-8-10-22(11-9-21)41(28,29,30,31)32)36-13-5-6-20(25(36)34-40-27)14-19-7-12-23(24(15-19)38-3)35-16-18(2)33-17-35/h7-12,14-17H,4-6,13H2,1-3H3. The maximum Gasteiger partial charge on any atom is 0.380 e. The van der Waals surface area contributed by atoms with Crippen molar-refractivity contribution in [1.29, 1.82) is 0 Å². The van der Waals surface area contributed by atoms with Gasteiger partial charge in [0.15, 0.2) is 5.84 Å². The second-order valence-electron chi connectivity index (χ2n) is 9.64. The number of ether oxygens (including phenoxy) is 2. The van der Waals surface area contributed by atoms with Crippen molar-refractivity contribution in [2.24, 2.45) is 5.16 Å². The van der Waals surface area contributed by atoms with Crippen LogP contribution in [0, 0.1) is 6.92 Å². The molecule has 0 saturated carbocycles. The molecule has 14 heteroatoms. The van der Waals surface area contributed by atoms with Gasteiger partial charge in [-0.3, -0.25) is 0 Å². The minimum absolute atomic E-state index is 0.0536. The molecule has 1 fully saturated rings. The fourth-order valence-corrected chi connectivity index (χ4v) is 5.57. The van der Waals surface area contributed by atoms with E-state index in [-0.39, 0.29) is 36.7 Å². The van der Waals surface area contributed by atoms with Crippen molar-refractivity contribution in [2.75, 3.05) is 20.3 Å². The van der Waals surface area contributed by atoms with E-state index in [1.165, 1.54) is 4.90 Å². The first-order valence-electron chi connectivity index (χ1n) is 12.6. The minimum Gasteiger partial charge on any atom is -0.495 e. The normalized spacial score (nSPS) is 21.4. The highest BCUT2D eigenvalue weighted by atomic mass is 32.5. The second-order valence-corrected chi connectivity index (χ2v) is 12.1. The second kappa shape index (κ2) is 9.23. The molecule has 5 rings (SSSR count). The molecular formula is C27H27F5N4O4S. The number of fused-ring (bicyclic) bond motifs is 1. The summed E-state index contributed by atoms with van der Waals surface area (Å²) in [5, 5.41) is 4.14. The lowest BCUT2D eigenvalue weighted by molar-refractivity contribution is -0.189. The molecule has 2 aliphatic rings. The van der Waals surface area contributed by atoms with Gasteiger partial charge in [0, 0.05) is 18.3 Å².